The molecule has 0 saturated heterocycles. The van der Waals surface area contributed by atoms with Gasteiger partial charge in [0.15, 0.2) is 0 Å². The van der Waals surface area contributed by atoms with Gasteiger partial charge in [0, 0.05) is 10.9 Å². The fourth-order valence-electron chi connectivity index (χ4n) is 2.91. The third kappa shape index (κ3) is 1.96. The van der Waals surface area contributed by atoms with Crippen LogP contribution in [0, 0.1) is 6.92 Å². The Bertz CT molecular complexity index is 962. The first-order valence-corrected chi connectivity index (χ1v) is 7.31. The predicted molar refractivity (Wildman–Crippen MR) is 90.4 cm³/mol. The second-order valence-electron chi connectivity index (χ2n) is 5.54. The first-order chi connectivity index (χ1) is 10.8. The summed E-state index contributed by atoms with van der Waals surface area (Å²) in [6.07, 6.45) is 1.84. The van der Waals surface area contributed by atoms with Gasteiger partial charge in [0.25, 0.3) is 0 Å². The zero-order valence-electron chi connectivity index (χ0n) is 12.6. The van der Waals surface area contributed by atoms with Crippen LogP contribution in [0.15, 0.2) is 65.3 Å². The van der Waals surface area contributed by atoms with Gasteiger partial charge in [0.2, 0.25) is 0 Å². The van der Waals surface area contributed by atoms with E-state index < -0.39 is 0 Å². The number of ether oxygens (including phenoxy) is 1. The summed E-state index contributed by atoms with van der Waals surface area (Å²) < 4.78 is 11.2. The molecule has 0 atom stereocenters. The SMILES string of the molecule is COc1ccc2ccc3occ(-c4ccc(C)cc4)c3c2c1. The molecule has 0 fully saturated rings. The maximum absolute atomic E-state index is 5.77. The quantitative estimate of drug-likeness (QED) is 0.481. The summed E-state index contributed by atoms with van der Waals surface area (Å²) in [6.45, 7) is 2.09. The van der Waals surface area contributed by atoms with Crippen LogP contribution in [0.2, 0.25) is 0 Å². The number of benzene rings is 3. The summed E-state index contributed by atoms with van der Waals surface area (Å²) in [5, 5.41) is 3.48. The van der Waals surface area contributed by atoms with Gasteiger partial charge in [0.1, 0.15) is 11.3 Å². The van der Waals surface area contributed by atoms with E-state index in [1.54, 1.807) is 7.11 Å². The van der Waals surface area contributed by atoms with Crippen molar-refractivity contribution in [1.29, 1.82) is 0 Å². The maximum atomic E-state index is 5.77. The average molecular weight is 288 g/mol. The molecule has 22 heavy (non-hydrogen) atoms. The number of rotatable bonds is 2. The molecule has 0 aliphatic heterocycles. The van der Waals surface area contributed by atoms with Gasteiger partial charge < -0.3 is 9.15 Å². The number of hydrogen-bond acceptors (Lipinski definition) is 2. The van der Waals surface area contributed by atoms with E-state index >= 15 is 0 Å². The number of furan rings is 1. The Labute approximate surface area is 128 Å². The minimum Gasteiger partial charge on any atom is -0.497 e. The van der Waals surface area contributed by atoms with Gasteiger partial charge in [-0.25, -0.2) is 0 Å². The molecular weight excluding hydrogens is 272 g/mol. The molecule has 108 valence electrons. The minimum atomic E-state index is 0.857. The summed E-state index contributed by atoms with van der Waals surface area (Å²) in [6, 6.07) is 18.8. The highest BCUT2D eigenvalue weighted by Gasteiger charge is 2.12. The molecule has 3 aromatic carbocycles. The van der Waals surface area contributed by atoms with Crippen molar-refractivity contribution in [3.05, 3.63) is 66.4 Å². The third-order valence-electron chi connectivity index (χ3n) is 4.13. The average Bonchev–Trinajstić information content (AvgIpc) is 2.99. The van der Waals surface area contributed by atoms with Crippen LogP contribution in [-0.2, 0) is 0 Å². The van der Waals surface area contributed by atoms with Crippen molar-refractivity contribution in [2.24, 2.45) is 0 Å². The normalized spacial score (nSPS) is 11.2. The number of aryl methyl sites for hydroxylation is 1. The summed E-state index contributed by atoms with van der Waals surface area (Å²) in [5.41, 5.74) is 4.44. The Morgan fingerprint density at radius 1 is 0.909 bits per heavy atom. The van der Waals surface area contributed by atoms with Crippen LogP contribution in [0.4, 0.5) is 0 Å². The topological polar surface area (TPSA) is 22.4 Å². The molecule has 0 radical (unpaired) electrons. The zero-order valence-corrected chi connectivity index (χ0v) is 12.6. The summed E-state index contributed by atoms with van der Waals surface area (Å²) in [4.78, 5) is 0. The highest BCUT2D eigenvalue weighted by atomic mass is 16.5. The number of methoxy groups -OCH3 is 1. The van der Waals surface area contributed by atoms with Crippen LogP contribution in [0.25, 0.3) is 32.9 Å². The fourth-order valence-corrected chi connectivity index (χ4v) is 2.91. The van der Waals surface area contributed by atoms with Gasteiger partial charge >= 0.3 is 0 Å². The van der Waals surface area contributed by atoms with Gasteiger partial charge in [-0.15, -0.1) is 0 Å². The van der Waals surface area contributed by atoms with Crippen LogP contribution in [0.5, 0.6) is 5.75 Å². The molecule has 0 spiro atoms. The van der Waals surface area contributed by atoms with E-state index in [2.05, 4.69) is 49.4 Å². The standard InChI is InChI=1S/C20H16O2/c1-13-3-5-15(6-4-13)18-12-22-19-10-8-14-7-9-16(21-2)11-17(14)20(18)19/h3-12H,1-2H3. The molecular formula is C20H16O2. The first kappa shape index (κ1) is 13.0. The van der Waals surface area contributed by atoms with Crippen molar-refractivity contribution >= 4 is 21.7 Å². The molecule has 2 heteroatoms. The van der Waals surface area contributed by atoms with Crippen LogP contribution in [0.3, 0.4) is 0 Å². The van der Waals surface area contributed by atoms with Gasteiger partial charge in [-0.1, -0.05) is 42.0 Å². The second kappa shape index (κ2) is 4.92. The van der Waals surface area contributed by atoms with Crippen LogP contribution in [-0.4, -0.2) is 7.11 Å². The lowest BCUT2D eigenvalue weighted by Crippen LogP contribution is -1.83. The predicted octanol–water partition coefficient (Wildman–Crippen LogP) is 5.57. The lowest BCUT2D eigenvalue weighted by Gasteiger charge is -2.05. The fraction of sp³-hybridized carbons (Fsp3) is 0.100. The Balaban J connectivity index is 2.07. The molecule has 1 aromatic heterocycles. The number of hydrogen-bond donors (Lipinski definition) is 0. The smallest absolute Gasteiger partial charge is 0.135 e. The first-order valence-electron chi connectivity index (χ1n) is 7.31. The molecule has 2 nitrogen and oxygen atoms in total. The van der Waals surface area contributed by atoms with Crippen LogP contribution < -0.4 is 4.74 Å². The Kier molecular flexibility index (Phi) is 2.90. The Morgan fingerprint density at radius 2 is 1.68 bits per heavy atom. The van der Waals surface area contributed by atoms with E-state index in [0.717, 1.165) is 27.7 Å². The zero-order chi connectivity index (χ0) is 15.1. The maximum Gasteiger partial charge on any atom is 0.135 e. The molecule has 0 bridgehead atoms. The molecule has 0 unspecified atom stereocenters. The van der Waals surface area contributed by atoms with E-state index in [0.29, 0.717) is 0 Å². The summed E-state index contributed by atoms with van der Waals surface area (Å²) in [7, 11) is 1.69. The summed E-state index contributed by atoms with van der Waals surface area (Å²) >= 11 is 0. The second-order valence-corrected chi connectivity index (χ2v) is 5.54. The Hall–Kier alpha value is -2.74. The molecule has 4 rings (SSSR count). The van der Waals surface area contributed by atoms with Crippen molar-refractivity contribution < 1.29 is 9.15 Å². The van der Waals surface area contributed by atoms with Gasteiger partial charge in [-0.2, -0.15) is 0 Å². The molecule has 0 aliphatic carbocycles. The van der Waals surface area contributed by atoms with Crippen molar-refractivity contribution in [2.45, 2.75) is 6.92 Å². The molecule has 4 aromatic rings. The third-order valence-corrected chi connectivity index (χ3v) is 4.13. The lowest BCUT2D eigenvalue weighted by molar-refractivity contribution is 0.415. The largest absolute Gasteiger partial charge is 0.497 e. The van der Waals surface area contributed by atoms with Crippen molar-refractivity contribution in [2.75, 3.05) is 7.11 Å². The number of fused-ring (bicyclic) bond motifs is 3. The molecule has 0 amide bonds. The van der Waals surface area contributed by atoms with Crippen LogP contribution >= 0.6 is 0 Å². The lowest BCUT2D eigenvalue weighted by atomic mass is 9.99. The van der Waals surface area contributed by atoms with Gasteiger partial charge in [-0.3, -0.25) is 0 Å². The van der Waals surface area contributed by atoms with Crippen LogP contribution in [0.1, 0.15) is 5.56 Å². The monoisotopic (exact) mass is 288 g/mol. The highest BCUT2D eigenvalue weighted by Crippen LogP contribution is 2.37. The molecule has 0 aliphatic rings. The van der Waals surface area contributed by atoms with Crippen molar-refractivity contribution in [3.8, 4) is 16.9 Å². The molecule has 0 N–H and O–H groups in total. The molecule has 1 heterocycles. The van der Waals surface area contributed by atoms with Crippen molar-refractivity contribution in [3.63, 3.8) is 0 Å². The minimum absolute atomic E-state index is 0.857. The van der Waals surface area contributed by atoms with Gasteiger partial charge in [-0.05, 0) is 41.5 Å². The van der Waals surface area contributed by atoms with Crippen molar-refractivity contribution in [1.82, 2.24) is 0 Å². The van der Waals surface area contributed by atoms with E-state index in [1.807, 2.05) is 18.4 Å². The van der Waals surface area contributed by atoms with E-state index in [4.69, 9.17) is 9.15 Å². The molecule has 0 saturated carbocycles. The van der Waals surface area contributed by atoms with E-state index in [1.165, 1.54) is 16.5 Å². The van der Waals surface area contributed by atoms with E-state index in [-0.39, 0.29) is 0 Å². The van der Waals surface area contributed by atoms with E-state index in [9.17, 15) is 0 Å². The highest BCUT2D eigenvalue weighted by molar-refractivity contribution is 6.13. The summed E-state index contributed by atoms with van der Waals surface area (Å²) in [5.74, 6) is 0.857. The Morgan fingerprint density at radius 3 is 2.45 bits per heavy atom. The van der Waals surface area contributed by atoms with Gasteiger partial charge in [0.05, 0.1) is 13.4 Å².